The molecule has 2 N–H and O–H groups in total. The van der Waals surface area contributed by atoms with E-state index in [-0.39, 0.29) is 24.0 Å². The van der Waals surface area contributed by atoms with Crippen LogP contribution < -0.4 is 10.6 Å². The summed E-state index contributed by atoms with van der Waals surface area (Å²) in [7, 11) is 1.81. The first-order chi connectivity index (χ1) is 11.7. The molecule has 0 fully saturated rings. The number of aromatic nitrogens is 2. The molecule has 0 bridgehead atoms. The molecule has 0 aliphatic heterocycles. The number of hydrogen-bond donors (Lipinski definition) is 2. The van der Waals surface area contributed by atoms with Gasteiger partial charge >= 0.3 is 0 Å². The molecule has 0 aliphatic carbocycles. The minimum atomic E-state index is 0. The summed E-state index contributed by atoms with van der Waals surface area (Å²) < 4.78 is 1.93. The molecule has 0 radical (unpaired) electrons. The number of aliphatic imine (C=N–C) groups is 1. The van der Waals surface area contributed by atoms with Crippen LogP contribution in [-0.4, -0.2) is 29.3 Å². The number of nitrogens with zero attached hydrogens (tertiary/aromatic N) is 3. The summed E-state index contributed by atoms with van der Waals surface area (Å²) in [4.78, 5) is 4.28. The van der Waals surface area contributed by atoms with Gasteiger partial charge in [-0.15, -0.1) is 24.0 Å². The summed E-state index contributed by atoms with van der Waals surface area (Å²) in [6.45, 7) is 7.02. The second-order valence-electron chi connectivity index (χ2n) is 6.41. The summed E-state index contributed by atoms with van der Waals surface area (Å²) in [6, 6.07) is 10.5. The largest absolute Gasteiger partial charge is 0.356 e. The van der Waals surface area contributed by atoms with Crippen molar-refractivity contribution in [2.45, 2.75) is 39.8 Å². The zero-order chi connectivity index (χ0) is 17.2. The number of halogens is 1. The van der Waals surface area contributed by atoms with Crippen LogP contribution in [0.25, 0.3) is 0 Å². The monoisotopic (exact) mass is 455 g/mol. The van der Waals surface area contributed by atoms with E-state index >= 15 is 0 Å². The second-order valence-corrected chi connectivity index (χ2v) is 6.41. The fourth-order valence-corrected chi connectivity index (χ4v) is 2.54. The van der Waals surface area contributed by atoms with Gasteiger partial charge in [-0.25, -0.2) is 0 Å². The summed E-state index contributed by atoms with van der Waals surface area (Å²) in [5, 5.41) is 11.0. The van der Waals surface area contributed by atoms with Crippen molar-refractivity contribution in [1.29, 1.82) is 0 Å². The third-order valence-electron chi connectivity index (χ3n) is 3.83. The lowest BCUT2D eigenvalue weighted by atomic mass is 10.1. The van der Waals surface area contributed by atoms with Crippen LogP contribution in [0.15, 0.2) is 47.7 Å². The highest BCUT2D eigenvalue weighted by Gasteiger charge is 2.01. The zero-order valence-electron chi connectivity index (χ0n) is 15.4. The van der Waals surface area contributed by atoms with E-state index < -0.39 is 0 Å². The minimum absolute atomic E-state index is 0. The molecule has 6 heteroatoms. The van der Waals surface area contributed by atoms with Crippen molar-refractivity contribution in [3.8, 4) is 0 Å². The van der Waals surface area contributed by atoms with Crippen LogP contribution in [0.1, 0.15) is 37.8 Å². The van der Waals surface area contributed by atoms with Crippen LogP contribution in [0.4, 0.5) is 0 Å². The Hall–Kier alpha value is -1.57. The number of nitrogens with one attached hydrogen (secondary N) is 2. The Morgan fingerprint density at radius 2 is 2.00 bits per heavy atom. The highest BCUT2D eigenvalue weighted by molar-refractivity contribution is 14.0. The molecule has 5 nitrogen and oxygen atoms in total. The van der Waals surface area contributed by atoms with Crippen LogP contribution in [-0.2, 0) is 13.1 Å². The van der Waals surface area contributed by atoms with Gasteiger partial charge in [0, 0.05) is 32.5 Å². The third-order valence-corrected chi connectivity index (χ3v) is 3.83. The Morgan fingerprint density at radius 1 is 1.20 bits per heavy atom. The summed E-state index contributed by atoms with van der Waals surface area (Å²) in [5.41, 5.74) is 2.49. The topological polar surface area (TPSA) is 54.2 Å². The molecule has 1 heterocycles. The average molecular weight is 455 g/mol. The molecule has 0 unspecified atom stereocenters. The van der Waals surface area contributed by atoms with Gasteiger partial charge in [0.05, 0.1) is 6.54 Å². The molecular formula is C19H30IN5. The van der Waals surface area contributed by atoms with Gasteiger partial charge in [0.2, 0.25) is 0 Å². The molecule has 0 spiro atoms. The van der Waals surface area contributed by atoms with Gasteiger partial charge < -0.3 is 10.6 Å². The van der Waals surface area contributed by atoms with Gasteiger partial charge in [-0.2, -0.15) is 5.10 Å². The minimum Gasteiger partial charge on any atom is -0.356 e. The Bertz CT molecular complexity index is 623. The van der Waals surface area contributed by atoms with E-state index in [0.29, 0.717) is 0 Å². The maximum atomic E-state index is 4.28. The summed E-state index contributed by atoms with van der Waals surface area (Å²) >= 11 is 0. The molecule has 2 rings (SSSR count). The molecule has 1 aromatic carbocycles. The maximum Gasteiger partial charge on any atom is 0.191 e. The molecule has 0 aliphatic rings. The Kier molecular flexibility index (Phi) is 10.2. The molecule has 0 amide bonds. The van der Waals surface area contributed by atoms with Crippen molar-refractivity contribution in [3.63, 3.8) is 0 Å². The van der Waals surface area contributed by atoms with Gasteiger partial charge in [-0.05, 0) is 36.0 Å². The van der Waals surface area contributed by atoms with Gasteiger partial charge in [-0.1, -0.05) is 38.1 Å². The fraction of sp³-hybridized carbons (Fsp3) is 0.474. The van der Waals surface area contributed by atoms with E-state index in [1.54, 1.807) is 6.20 Å². The first-order valence-corrected chi connectivity index (χ1v) is 8.67. The number of guanidine groups is 1. The zero-order valence-corrected chi connectivity index (χ0v) is 17.7. The number of benzene rings is 1. The third kappa shape index (κ3) is 8.38. The van der Waals surface area contributed by atoms with Crippen molar-refractivity contribution < 1.29 is 0 Å². The number of rotatable bonds is 8. The maximum absolute atomic E-state index is 4.28. The van der Waals surface area contributed by atoms with E-state index in [4.69, 9.17) is 0 Å². The predicted molar refractivity (Wildman–Crippen MR) is 115 cm³/mol. The van der Waals surface area contributed by atoms with Crippen molar-refractivity contribution >= 4 is 29.9 Å². The summed E-state index contributed by atoms with van der Waals surface area (Å²) in [6.07, 6.45) is 6.19. The van der Waals surface area contributed by atoms with Crippen LogP contribution in [0.5, 0.6) is 0 Å². The Labute approximate surface area is 168 Å². The molecule has 0 saturated heterocycles. The Morgan fingerprint density at radius 3 is 2.68 bits per heavy atom. The molecular weight excluding hydrogens is 425 g/mol. The highest BCUT2D eigenvalue weighted by atomic mass is 127. The van der Waals surface area contributed by atoms with Gasteiger partial charge in [0.15, 0.2) is 5.96 Å². The first-order valence-electron chi connectivity index (χ1n) is 8.67. The van der Waals surface area contributed by atoms with Crippen LogP contribution in [0.2, 0.25) is 0 Å². The molecule has 0 saturated carbocycles. The van der Waals surface area contributed by atoms with Gasteiger partial charge in [0.25, 0.3) is 0 Å². The van der Waals surface area contributed by atoms with E-state index in [2.05, 4.69) is 58.8 Å². The molecule has 25 heavy (non-hydrogen) atoms. The van der Waals surface area contributed by atoms with Gasteiger partial charge in [-0.3, -0.25) is 9.67 Å². The Balaban J connectivity index is 0.00000312. The quantitative estimate of drug-likeness (QED) is 0.277. The van der Waals surface area contributed by atoms with Crippen molar-refractivity contribution in [2.24, 2.45) is 10.9 Å². The second kappa shape index (κ2) is 11.9. The SMILES string of the molecule is CN=C(NCCCC(C)C)NCc1cccc(Cn2cccn2)c1.I. The molecule has 0 atom stereocenters. The molecule has 138 valence electrons. The average Bonchev–Trinajstić information content (AvgIpc) is 3.07. The molecule has 1 aromatic heterocycles. The van der Waals surface area contributed by atoms with Crippen LogP contribution >= 0.6 is 24.0 Å². The van der Waals surface area contributed by atoms with E-state index in [9.17, 15) is 0 Å². The van der Waals surface area contributed by atoms with Crippen molar-refractivity contribution in [3.05, 3.63) is 53.9 Å². The lowest BCUT2D eigenvalue weighted by Crippen LogP contribution is -2.37. The van der Waals surface area contributed by atoms with Crippen LogP contribution in [0, 0.1) is 5.92 Å². The van der Waals surface area contributed by atoms with E-state index in [1.807, 2.05) is 24.0 Å². The van der Waals surface area contributed by atoms with E-state index in [0.717, 1.165) is 37.9 Å². The predicted octanol–water partition coefficient (Wildman–Crippen LogP) is 3.65. The first kappa shape index (κ1) is 21.5. The lowest BCUT2D eigenvalue weighted by Gasteiger charge is -2.13. The standard InChI is InChI=1S/C19H29N5.HI/c1-16(2)7-5-10-21-19(20-3)22-14-17-8-4-9-18(13-17)15-24-12-6-11-23-24;/h4,6,8-9,11-13,16H,5,7,10,14-15H2,1-3H3,(H2,20,21,22);1H. The summed E-state index contributed by atoms with van der Waals surface area (Å²) in [5.74, 6) is 1.61. The van der Waals surface area contributed by atoms with Crippen molar-refractivity contribution in [2.75, 3.05) is 13.6 Å². The lowest BCUT2D eigenvalue weighted by molar-refractivity contribution is 0.549. The highest BCUT2D eigenvalue weighted by Crippen LogP contribution is 2.07. The normalized spacial score (nSPS) is 11.3. The fourth-order valence-electron chi connectivity index (χ4n) is 2.54. The number of hydrogen-bond acceptors (Lipinski definition) is 2. The smallest absolute Gasteiger partial charge is 0.191 e. The molecule has 2 aromatic rings. The van der Waals surface area contributed by atoms with Gasteiger partial charge in [0.1, 0.15) is 0 Å². The van der Waals surface area contributed by atoms with E-state index in [1.165, 1.54) is 17.5 Å². The van der Waals surface area contributed by atoms with Crippen LogP contribution in [0.3, 0.4) is 0 Å². The van der Waals surface area contributed by atoms with Crippen molar-refractivity contribution in [1.82, 2.24) is 20.4 Å².